The van der Waals surface area contributed by atoms with Crippen LogP contribution in [0.2, 0.25) is 0 Å². The first-order chi connectivity index (χ1) is 42.5. The topological polar surface area (TPSA) is 326 Å². The van der Waals surface area contributed by atoms with Gasteiger partial charge < -0.3 is 35.4 Å². The summed E-state index contributed by atoms with van der Waals surface area (Å²) in [5.74, 6) is -0.449. The number of benzene rings is 8. The average molecular weight is 1370 g/mol. The molecule has 91 heavy (non-hydrogen) atoms. The van der Waals surface area contributed by atoms with E-state index in [1.165, 1.54) is 65.4 Å². The molecule has 28 heteroatoms. The van der Waals surface area contributed by atoms with Gasteiger partial charge >= 0.3 is 59.1 Å². The molecule has 0 radical (unpaired) electrons. The van der Waals surface area contributed by atoms with Crippen molar-refractivity contribution in [3.05, 3.63) is 283 Å². The number of carbonyl (C=O) groups excluding carboxylic acids is 5. The van der Waals surface area contributed by atoms with E-state index in [-0.39, 0.29) is 142 Å². The molecule has 0 aliphatic rings. The van der Waals surface area contributed by atoms with Gasteiger partial charge in [-0.2, -0.15) is 0 Å². The molecule has 10 rings (SSSR count). The minimum absolute atomic E-state index is 0. The minimum Gasteiger partial charge on any atom is -1.00 e. The van der Waals surface area contributed by atoms with Gasteiger partial charge in [0.2, 0.25) is 5.78 Å². The van der Waals surface area contributed by atoms with E-state index in [0.717, 1.165) is 37.1 Å². The van der Waals surface area contributed by atoms with Crippen LogP contribution < -0.4 is 88.2 Å². The molecule has 0 atom stereocenters. The Hall–Kier alpha value is -7.75. The Morgan fingerprint density at radius 2 is 0.846 bits per heavy atom. The first-order valence-corrected chi connectivity index (χ1v) is 28.7. The van der Waals surface area contributed by atoms with Crippen molar-refractivity contribution in [2.75, 3.05) is 17.6 Å². The molecule has 0 aliphatic carbocycles. The normalized spacial score (nSPS) is 9.37. The first kappa shape index (κ1) is 81.3. The SMILES string of the molecule is ClCCl.Nc1ccccc1-c1ncc(-c2ccccc2)s1.O=C(CCC(=O)c1ccccc1[N+](=O)[O-])c1ccccc1.O=C(Cl)c1ccccc1[N+](=O)[O-].O=CO[O-].O=[N+]([O-])c1ccccc1-c1ncc(-c2ccccc2)s1.[Cl-].[H-].[NH3+]CC(=O)c1ccccc1.[Na+].[Na+]. The van der Waals surface area contributed by atoms with Crippen molar-refractivity contribution in [1.82, 2.24) is 9.97 Å². The zero-order valence-electron chi connectivity index (χ0n) is 49.5. The number of nitrogens with zero attached hydrogens (tertiary/aromatic N) is 5. The van der Waals surface area contributed by atoms with Crippen molar-refractivity contribution >= 4 is 109 Å². The molecule has 0 aliphatic heterocycles. The van der Waals surface area contributed by atoms with Gasteiger partial charge in [0.05, 0.1) is 41.0 Å². The van der Waals surface area contributed by atoms with Gasteiger partial charge in [-0.15, -0.1) is 45.9 Å². The Morgan fingerprint density at radius 3 is 1.24 bits per heavy atom. The van der Waals surface area contributed by atoms with Crippen LogP contribution in [0.4, 0.5) is 22.7 Å². The van der Waals surface area contributed by atoms with Crippen molar-refractivity contribution in [3.63, 3.8) is 0 Å². The van der Waals surface area contributed by atoms with Gasteiger partial charge in [0.1, 0.15) is 22.1 Å². The zero-order valence-corrected chi connectivity index (χ0v) is 57.2. The van der Waals surface area contributed by atoms with Crippen molar-refractivity contribution in [2.24, 2.45) is 0 Å². The third kappa shape index (κ3) is 27.7. The second-order valence-corrected chi connectivity index (χ2v) is 20.2. The molecular formula is C63H53Cl4N7Na2O13S2. The Morgan fingerprint density at radius 1 is 0.516 bits per heavy atom. The van der Waals surface area contributed by atoms with Gasteiger partial charge in [-0.1, -0.05) is 170 Å². The van der Waals surface area contributed by atoms with E-state index in [1.807, 2.05) is 97.2 Å². The molecule has 10 aromatic rings. The summed E-state index contributed by atoms with van der Waals surface area (Å²) >= 11 is 17.8. The number of ketones is 3. The molecular weight excluding hydrogens is 1310 g/mol. The number of nitro benzene ring substituents is 3. The average Bonchev–Trinajstić information content (AvgIpc) is 1.81. The summed E-state index contributed by atoms with van der Waals surface area (Å²) in [4.78, 5) is 98.4. The predicted octanol–water partition coefficient (Wildman–Crippen LogP) is 4.95. The number of hydrogen-bond donors (Lipinski definition) is 2. The summed E-state index contributed by atoms with van der Waals surface area (Å²) < 4.78 is 0. The molecule has 20 nitrogen and oxygen atoms in total. The molecule has 0 fully saturated rings. The van der Waals surface area contributed by atoms with Crippen molar-refractivity contribution in [3.8, 4) is 42.0 Å². The largest absolute Gasteiger partial charge is 1.00 e. The van der Waals surface area contributed by atoms with Crippen LogP contribution in [-0.4, -0.2) is 65.7 Å². The number of halogens is 4. The van der Waals surface area contributed by atoms with E-state index >= 15 is 0 Å². The Kier molecular flexibility index (Phi) is 40.6. The smallest absolute Gasteiger partial charge is 1.00 e. The quantitative estimate of drug-likeness (QED) is 0.0149. The number of Topliss-reactive ketones (excluding diaryl/α,β-unsaturated/α-hetero) is 3. The number of nitro groups is 3. The van der Waals surface area contributed by atoms with E-state index in [9.17, 15) is 49.5 Å². The number of nitrogen functional groups attached to an aromatic ring is 1. The minimum atomic E-state index is -0.817. The maximum absolute atomic E-state index is 12.0. The van der Waals surface area contributed by atoms with Crippen molar-refractivity contribution < 1.29 is 128 Å². The fourth-order valence-electron chi connectivity index (χ4n) is 7.34. The van der Waals surface area contributed by atoms with Crippen molar-refractivity contribution in [1.29, 1.82) is 0 Å². The molecule has 2 aromatic heterocycles. The number of nitrogens with two attached hydrogens (primary N) is 1. The maximum Gasteiger partial charge on any atom is 1.00 e. The van der Waals surface area contributed by atoms with E-state index < -0.39 is 20.9 Å². The molecule has 0 unspecified atom stereocenters. The summed E-state index contributed by atoms with van der Waals surface area (Å²) in [6.45, 7) is 0.157. The number of hydrogen-bond acceptors (Lipinski definition) is 18. The van der Waals surface area contributed by atoms with E-state index in [4.69, 9.17) is 50.6 Å². The summed E-state index contributed by atoms with van der Waals surface area (Å²) in [5, 5.41) is 41.7. The van der Waals surface area contributed by atoms with Crippen LogP contribution in [0.25, 0.3) is 42.0 Å². The van der Waals surface area contributed by atoms with Gasteiger partial charge in [-0.25, -0.2) is 9.97 Å². The number of carbonyl (C=O) groups is 5. The van der Waals surface area contributed by atoms with Gasteiger partial charge in [0, 0.05) is 65.8 Å². The third-order valence-electron chi connectivity index (χ3n) is 11.4. The van der Waals surface area contributed by atoms with Crippen LogP contribution >= 0.6 is 57.5 Å². The number of thiazole rings is 2. The molecule has 0 saturated heterocycles. The molecule has 0 bridgehead atoms. The Balaban J connectivity index is 0.00000110. The Bertz CT molecular complexity index is 3860. The molecule has 2 heterocycles. The first-order valence-electron chi connectivity index (χ1n) is 25.6. The second kappa shape index (κ2) is 45.5. The Labute approximate surface area is 597 Å². The third-order valence-corrected chi connectivity index (χ3v) is 13.8. The number of anilines is 1. The van der Waals surface area contributed by atoms with Crippen LogP contribution in [0, 0.1) is 30.3 Å². The van der Waals surface area contributed by atoms with Crippen LogP contribution in [0.3, 0.4) is 0 Å². The molecule has 5 N–H and O–H groups in total. The van der Waals surface area contributed by atoms with Gasteiger partial charge in [0.15, 0.2) is 11.6 Å². The fourth-order valence-corrected chi connectivity index (χ4v) is 9.43. The summed E-state index contributed by atoms with van der Waals surface area (Å²) in [5.41, 5.74) is 14.9. The van der Waals surface area contributed by atoms with Gasteiger partial charge in [0.25, 0.3) is 28.8 Å². The number of aromatic nitrogens is 2. The van der Waals surface area contributed by atoms with E-state index in [1.54, 1.807) is 84.3 Å². The van der Waals surface area contributed by atoms with Crippen LogP contribution in [-0.2, 0) is 9.68 Å². The van der Waals surface area contributed by atoms with Crippen molar-refractivity contribution in [2.45, 2.75) is 12.8 Å². The molecule has 460 valence electrons. The second-order valence-electron chi connectivity index (χ2n) is 17.0. The summed E-state index contributed by atoms with van der Waals surface area (Å²) in [6, 6.07) is 63.8. The van der Waals surface area contributed by atoms with E-state index in [0.29, 0.717) is 22.7 Å². The van der Waals surface area contributed by atoms with E-state index in [2.05, 4.69) is 32.7 Å². The van der Waals surface area contributed by atoms with Gasteiger partial charge in [-0.05, 0) is 53.1 Å². The number of rotatable bonds is 16. The van der Waals surface area contributed by atoms with Gasteiger partial charge in [-0.3, -0.25) is 54.3 Å². The maximum atomic E-state index is 12.0. The number of para-hydroxylation sites is 4. The number of quaternary nitrogens is 1. The van der Waals surface area contributed by atoms with Crippen LogP contribution in [0.5, 0.6) is 0 Å². The molecule has 0 saturated carbocycles. The van der Waals surface area contributed by atoms with Crippen LogP contribution in [0.1, 0.15) is 55.7 Å². The summed E-state index contributed by atoms with van der Waals surface area (Å²) in [6.07, 6.45) is 3.65. The molecule has 0 amide bonds. The van der Waals surface area contributed by atoms with Crippen LogP contribution in [0.15, 0.2) is 231 Å². The zero-order chi connectivity index (χ0) is 64.2. The number of alkyl halides is 2. The molecule has 0 spiro atoms. The standard InChI is InChI=1S/C16H13NO4.C15H10N2O2S.C15H12N2S.C8H9NO.C7H4ClNO3.CH2Cl2.CH2O3.ClH.2Na.H/c18-15(12-6-2-1-3-7-12)10-11-16(19)13-8-4-5-9-14(13)17(20)21;18-17(19)13-9-5-4-8-12(13)15-16-10-14(20-15)11-6-2-1-3-7-11;16-13-9-5-4-8-12(13)15-17-10-14(18-15)11-6-2-1-3-7-11;9-6-8(10)7-4-2-1-3-5-7;8-7(10)5-3-1-2-4-6(5)9(11)12;2-1-3;2-1-4-3;;;;/h1-9H,10-11H2;1-10H;1-10H,16H2;1-5H,6,9H2;1-4H;1H2;1,3H;1H;;;/q;;;;;;;;2*+1;-1/p-1. The fraction of sp³-hybridized carbons (Fsp3) is 0.0635. The summed E-state index contributed by atoms with van der Waals surface area (Å²) in [7, 11) is 0. The predicted molar refractivity (Wildman–Crippen MR) is 341 cm³/mol. The molecule has 8 aromatic carbocycles. The monoisotopic (exact) mass is 1370 g/mol.